The first kappa shape index (κ1) is 17.9. The molecular formula is C25H28O3. The van der Waals surface area contributed by atoms with Gasteiger partial charge in [-0.2, -0.15) is 0 Å². The number of carbonyl (C=O) groups is 1. The van der Waals surface area contributed by atoms with Crippen molar-refractivity contribution in [3.05, 3.63) is 65.2 Å². The van der Waals surface area contributed by atoms with Crippen LogP contribution in [0.1, 0.15) is 66.4 Å². The number of benzene rings is 2. The minimum Gasteiger partial charge on any atom is -0.423 e. The standard InChI is InChI=1S/C25H28O3/c1-25-14-13-20-19-10-8-18(28-24(27)16-5-3-2-4-6-16)15-17(19)7-9-21(20)22(25)11-12-23(25)26/h2-6,8,10,15,20-23,26H,7,9,11-14H2,1H3/t20-,21-,22-,23-,25-/m0/s1. The molecule has 0 heterocycles. The minimum absolute atomic E-state index is 0.115. The van der Waals surface area contributed by atoms with Crippen LogP contribution in [0.4, 0.5) is 0 Å². The average Bonchev–Trinajstić information content (AvgIpc) is 3.03. The van der Waals surface area contributed by atoms with Crippen LogP contribution in [-0.4, -0.2) is 17.2 Å². The molecule has 1 N–H and O–H groups in total. The van der Waals surface area contributed by atoms with E-state index in [0.29, 0.717) is 29.1 Å². The summed E-state index contributed by atoms with van der Waals surface area (Å²) in [6.07, 6.45) is 6.50. The third-order valence-electron chi connectivity index (χ3n) is 7.87. The first-order valence-corrected chi connectivity index (χ1v) is 10.6. The van der Waals surface area contributed by atoms with Gasteiger partial charge in [-0.05, 0) is 97.1 Å². The summed E-state index contributed by atoms with van der Waals surface area (Å²) in [7, 11) is 0. The van der Waals surface area contributed by atoms with Crippen molar-refractivity contribution < 1.29 is 14.6 Å². The van der Waals surface area contributed by atoms with Gasteiger partial charge in [0.15, 0.2) is 0 Å². The smallest absolute Gasteiger partial charge is 0.343 e. The highest BCUT2D eigenvalue weighted by atomic mass is 16.5. The van der Waals surface area contributed by atoms with Gasteiger partial charge in [-0.25, -0.2) is 4.79 Å². The Morgan fingerprint density at radius 1 is 1.07 bits per heavy atom. The summed E-state index contributed by atoms with van der Waals surface area (Å²) in [5.74, 6) is 2.25. The molecule has 0 amide bonds. The van der Waals surface area contributed by atoms with Crippen molar-refractivity contribution in [2.75, 3.05) is 0 Å². The minimum atomic E-state index is -0.303. The van der Waals surface area contributed by atoms with Gasteiger partial charge in [-0.15, -0.1) is 0 Å². The van der Waals surface area contributed by atoms with E-state index >= 15 is 0 Å². The van der Waals surface area contributed by atoms with Crippen molar-refractivity contribution in [1.82, 2.24) is 0 Å². The topological polar surface area (TPSA) is 46.5 Å². The quantitative estimate of drug-likeness (QED) is 0.584. The summed E-state index contributed by atoms with van der Waals surface area (Å²) in [6.45, 7) is 2.31. The van der Waals surface area contributed by atoms with Gasteiger partial charge < -0.3 is 9.84 Å². The molecule has 0 aliphatic heterocycles. The zero-order valence-electron chi connectivity index (χ0n) is 16.4. The maximum Gasteiger partial charge on any atom is 0.343 e. The summed E-state index contributed by atoms with van der Waals surface area (Å²) in [5, 5.41) is 10.5. The summed E-state index contributed by atoms with van der Waals surface area (Å²) in [5.41, 5.74) is 3.47. The fraction of sp³-hybridized carbons (Fsp3) is 0.480. The van der Waals surface area contributed by atoms with Gasteiger partial charge >= 0.3 is 5.97 Å². The summed E-state index contributed by atoms with van der Waals surface area (Å²) in [4.78, 5) is 12.4. The van der Waals surface area contributed by atoms with Gasteiger partial charge in [0.25, 0.3) is 0 Å². The van der Waals surface area contributed by atoms with E-state index in [9.17, 15) is 9.90 Å². The summed E-state index contributed by atoms with van der Waals surface area (Å²) >= 11 is 0. The molecule has 0 saturated heterocycles. The van der Waals surface area contributed by atoms with Crippen LogP contribution >= 0.6 is 0 Å². The number of aliphatic hydroxyl groups excluding tert-OH is 1. The molecule has 2 aromatic rings. The summed E-state index contributed by atoms with van der Waals surface area (Å²) < 4.78 is 5.63. The molecule has 2 aromatic carbocycles. The number of aliphatic hydroxyl groups is 1. The molecule has 146 valence electrons. The van der Waals surface area contributed by atoms with Crippen molar-refractivity contribution in [1.29, 1.82) is 0 Å². The maximum absolute atomic E-state index is 12.4. The third kappa shape index (κ3) is 2.79. The highest BCUT2D eigenvalue weighted by Crippen LogP contribution is 2.60. The predicted octanol–water partition coefficient (Wildman–Crippen LogP) is 5.12. The van der Waals surface area contributed by atoms with Crippen LogP contribution in [0.25, 0.3) is 0 Å². The molecule has 0 unspecified atom stereocenters. The van der Waals surface area contributed by atoms with Crippen LogP contribution in [0.5, 0.6) is 5.75 Å². The Bertz CT molecular complexity index is 890. The Balaban J connectivity index is 1.37. The molecule has 2 saturated carbocycles. The van der Waals surface area contributed by atoms with Crippen molar-refractivity contribution in [3.8, 4) is 5.75 Å². The van der Waals surface area contributed by atoms with Crippen LogP contribution in [0.2, 0.25) is 0 Å². The van der Waals surface area contributed by atoms with Gasteiger partial charge in [0.05, 0.1) is 11.7 Å². The number of hydrogen-bond donors (Lipinski definition) is 1. The molecule has 3 aliphatic rings. The number of aryl methyl sites for hydroxylation is 1. The number of rotatable bonds is 2. The predicted molar refractivity (Wildman–Crippen MR) is 108 cm³/mol. The van der Waals surface area contributed by atoms with Gasteiger partial charge in [0.1, 0.15) is 5.75 Å². The Labute approximate surface area is 166 Å². The Morgan fingerprint density at radius 3 is 2.71 bits per heavy atom. The zero-order valence-corrected chi connectivity index (χ0v) is 16.4. The van der Waals surface area contributed by atoms with Crippen LogP contribution in [0.15, 0.2) is 48.5 Å². The normalized spacial score (nSPS) is 33.5. The molecule has 0 bridgehead atoms. The van der Waals surface area contributed by atoms with E-state index < -0.39 is 0 Å². The van der Waals surface area contributed by atoms with Crippen molar-refractivity contribution in [2.24, 2.45) is 17.3 Å². The van der Waals surface area contributed by atoms with E-state index in [0.717, 1.165) is 25.7 Å². The molecule has 0 spiro atoms. The first-order valence-electron chi connectivity index (χ1n) is 10.6. The van der Waals surface area contributed by atoms with Gasteiger partial charge in [-0.3, -0.25) is 0 Å². The van der Waals surface area contributed by atoms with Gasteiger partial charge in [-0.1, -0.05) is 31.2 Å². The van der Waals surface area contributed by atoms with Gasteiger partial charge in [0, 0.05) is 0 Å². The summed E-state index contributed by atoms with van der Waals surface area (Å²) in [6, 6.07) is 15.4. The lowest BCUT2D eigenvalue weighted by atomic mass is 9.55. The molecule has 3 nitrogen and oxygen atoms in total. The number of esters is 1. The molecule has 5 rings (SSSR count). The lowest BCUT2D eigenvalue weighted by Gasteiger charge is -2.50. The van der Waals surface area contributed by atoms with E-state index in [4.69, 9.17) is 4.74 Å². The Kier molecular flexibility index (Phi) is 4.31. The third-order valence-corrected chi connectivity index (χ3v) is 7.87. The van der Waals surface area contributed by atoms with E-state index in [1.807, 2.05) is 24.3 Å². The second-order valence-corrected chi connectivity index (χ2v) is 9.17. The van der Waals surface area contributed by atoms with E-state index in [2.05, 4.69) is 19.1 Å². The first-order chi connectivity index (χ1) is 13.6. The highest BCUT2D eigenvalue weighted by Gasteiger charge is 2.54. The Hall–Kier alpha value is -2.13. The number of carbonyl (C=O) groups excluding carboxylic acids is 1. The van der Waals surface area contributed by atoms with E-state index in [1.165, 1.54) is 24.0 Å². The zero-order chi connectivity index (χ0) is 19.3. The highest BCUT2D eigenvalue weighted by molar-refractivity contribution is 5.91. The Morgan fingerprint density at radius 2 is 1.89 bits per heavy atom. The fourth-order valence-corrected chi connectivity index (χ4v) is 6.33. The second-order valence-electron chi connectivity index (χ2n) is 9.17. The number of ether oxygens (including phenoxy) is 1. The van der Waals surface area contributed by atoms with Crippen LogP contribution in [-0.2, 0) is 6.42 Å². The van der Waals surface area contributed by atoms with Crippen LogP contribution < -0.4 is 4.74 Å². The van der Waals surface area contributed by atoms with E-state index in [1.54, 1.807) is 12.1 Å². The molecule has 2 fully saturated rings. The monoisotopic (exact) mass is 376 g/mol. The van der Waals surface area contributed by atoms with Crippen LogP contribution in [0, 0.1) is 17.3 Å². The fourth-order valence-electron chi connectivity index (χ4n) is 6.33. The number of fused-ring (bicyclic) bond motifs is 5. The molecule has 28 heavy (non-hydrogen) atoms. The number of hydrogen-bond acceptors (Lipinski definition) is 3. The van der Waals surface area contributed by atoms with Crippen molar-refractivity contribution in [2.45, 2.75) is 57.5 Å². The second kappa shape index (κ2) is 6.73. The molecule has 0 radical (unpaired) electrons. The molecule has 0 aromatic heterocycles. The molecule has 5 atom stereocenters. The largest absolute Gasteiger partial charge is 0.423 e. The molecular weight excluding hydrogens is 348 g/mol. The van der Waals surface area contributed by atoms with Crippen molar-refractivity contribution in [3.63, 3.8) is 0 Å². The maximum atomic E-state index is 12.4. The lowest BCUT2D eigenvalue weighted by molar-refractivity contribution is -0.0226. The SMILES string of the molecule is C[C@]12CC[C@H]3c4ccc(OC(=O)c5ccccc5)cc4CC[C@@H]3[C@@H]1CC[C@@H]2O. The van der Waals surface area contributed by atoms with Gasteiger partial charge in [0.2, 0.25) is 0 Å². The average molecular weight is 376 g/mol. The van der Waals surface area contributed by atoms with Crippen molar-refractivity contribution >= 4 is 5.97 Å². The molecule has 3 aliphatic carbocycles. The van der Waals surface area contributed by atoms with E-state index in [-0.39, 0.29) is 17.5 Å². The molecule has 3 heteroatoms. The lowest BCUT2D eigenvalue weighted by Crippen LogP contribution is -2.43. The van der Waals surface area contributed by atoms with Crippen LogP contribution in [0.3, 0.4) is 0 Å².